The molecular weight excluding hydrogens is 198 g/mol. The summed E-state index contributed by atoms with van der Waals surface area (Å²) in [5.74, 6) is 1.70. The van der Waals surface area contributed by atoms with Gasteiger partial charge in [0.05, 0.1) is 5.70 Å². The lowest BCUT2D eigenvalue weighted by Gasteiger charge is -2.07. The molecule has 0 atom stereocenters. The van der Waals surface area contributed by atoms with Gasteiger partial charge in [-0.05, 0) is 19.1 Å². The summed E-state index contributed by atoms with van der Waals surface area (Å²) in [6, 6.07) is 9.88. The minimum atomic E-state index is 0.719. The first-order valence-electron chi connectivity index (χ1n) is 5.36. The zero-order chi connectivity index (χ0) is 11.4. The summed E-state index contributed by atoms with van der Waals surface area (Å²) in [5.41, 5.74) is 7.78. The van der Waals surface area contributed by atoms with Crippen LogP contribution in [0.2, 0.25) is 0 Å². The molecule has 1 heterocycles. The largest absolute Gasteiger partial charge is 0.460 e. The minimum absolute atomic E-state index is 0.719. The van der Waals surface area contributed by atoms with Crippen LogP contribution < -0.4 is 5.73 Å². The summed E-state index contributed by atoms with van der Waals surface area (Å²) in [4.78, 5) is 0. The fraction of sp³-hybridized carbons (Fsp3) is 0.143. The number of hydrogen-bond acceptors (Lipinski definition) is 2. The average Bonchev–Trinajstić information content (AvgIpc) is 2.78. The van der Waals surface area contributed by atoms with Gasteiger partial charge in [0.1, 0.15) is 11.5 Å². The molecule has 0 radical (unpaired) electrons. The molecule has 0 aliphatic carbocycles. The van der Waals surface area contributed by atoms with Crippen molar-refractivity contribution in [3.05, 3.63) is 65.6 Å². The van der Waals surface area contributed by atoms with Crippen LogP contribution in [0.4, 0.5) is 0 Å². The first-order valence-corrected chi connectivity index (χ1v) is 5.36. The molecule has 2 heteroatoms. The van der Waals surface area contributed by atoms with Crippen LogP contribution in [-0.4, -0.2) is 0 Å². The van der Waals surface area contributed by atoms with Gasteiger partial charge in [-0.2, -0.15) is 0 Å². The first-order chi connectivity index (χ1) is 7.81. The van der Waals surface area contributed by atoms with Crippen molar-refractivity contribution in [1.29, 1.82) is 0 Å². The fourth-order valence-electron chi connectivity index (χ4n) is 1.63. The monoisotopic (exact) mass is 213 g/mol. The third-order valence-electron chi connectivity index (χ3n) is 2.45. The van der Waals surface area contributed by atoms with E-state index in [1.807, 2.05) is 55.5 Å². The molecule has 16 heavy (non-hydrogen) atoms. The highest BCUT2D eigenvalue weighted by molar-refractivity contribution is 5.65. The predicted octanol–water partition coefficient (Wildman–Crippen LogP) is 3.19. The average molecular weight is 213 g/mol. The van der Waals surface area contributed by atoms with E-state index in [9.17, 15) is 0 Å². The van der Waals surface area contributed by atoms with Gasteiger partial charge in [-0.1, -0.05) is 36.4 Å². The second-order valence-corrected chi connectivity index (χ2v) is 3.62. The molecule has 0 saturated heterocycles. The van der Waals surface area contributed by atoms with E-state index in [-0.39, 0.29) is 0 Å². The number of allylic oxidation sites excluding steroid dienone is 3. The van der Waals surface area contributed by atoms with E-state index >= 15 is 0 Å². The van der Waals surface area contributed by atoms with E-state index in [1.165, 1.54) is 0 Å². The van der Waals surface area contributed by atoms with Crippen LogP contribution >= 0.6 is 0 Å². The van der Waals surface area contributed by atoms with Gasteiger partial charge in [-0.15, -0.1) is 0 Å². The summed E-state index contributed by atoms with van der Waals surface area (Å²) >= 11 is 0. The number of benzene rings is 1. The van der Waals surface area contributed by atoms with Crippen molar-refractivity contribution in [2.45, 2.75) is 13.3 Å². The zero-order valence-electron chi connectivity index (χ0n) is 9.31. The van der Waals surface area contributed by atoms with Crippen molar-refractivity contribution in [3.63, 3.8) is 0 Å². The Bertz CT molecular complexity index is 455. The lowest BCUT2D eigenvalue weighted by atomic mass is 10.1. The molecule has 1 aliphatic rings. The Morgan fingerprint density at radius 2 is 2.06 bits per heavy atom. The molecule has 0 unspecified atom stereocenters. The molecular formula is C14H15NO. The van der Waals surface area contributed by atoms with Gasteiger partial charge in [0.25, 0.3) is 0 Å². The molecule has 2 rings (SSSR count). The highest BCUT2D eigenvalue weighted by Gasteiger charge is 2.13. The highest BCUT2D eigenvalue weighted by Crippen LogP contribution is 2.26. The Kier molecular flexibility index (Phi) is 3.10. The molecule has 0 aromatic heterocycles. The van der Waals surface area contributed by atoms with Crippen molar-refractivity contribution in [2.75, 3.05) is 0 Å². The minimum Gasteiger partial charge on any atom is -0.460 e. The Balaban J connectivity index is 2.20. The molecule has 0 amide bonds. The number of nitrogens with two attached hydrogens (primary N) is 1. The third kappa shape index (κ3) is 2.16. The van der Waals surface area contributed by atoms with E-state index in [0.29, 0.717) is 0 Å². The van der Waals surface area contributed by atoms with Gasteiger partial charge in [-0.3, -0.25) is 0 Å². The van der Waals surface area contributed by atoms with E-state index in [4.69, 9.17) is 10.5 Å². The summed E-state index contributed by atoms with van der Waals surface area (Å²) in [5, 5.41) is 0. The maximum Gasteiger partial charge on any atom is 0.131 e. The van der Waals surface area contributed by atoms with Gasteiger partial charge >= 0.3 is 0 Å². The number of rotatable bonds is 2. The van der Waals surface area contributed by atoms with E-state index in [1.54, 1.807) is 0 Å². The molecule has 2 N–H and O–H groups in total. The van der Waals surface area contributed by atoms with Gasteiger partial charge in [0.2, 0.25) is 0 Å². The predicted molar refractivity (Wildman–Crippen MR) is 66.1 cm³/mol. The Morgan fingerprint density at radius 1 is 1.31 bits per heavy atom. The Labute approximate surface area is 95.7 Å². The van der Waals surface area contributed by atoms with Crippen LogP contribution in [0.5, 0.6) is 0 Å². The topological polar surface area (TPSA) is 35.2 Å². The molecule has 0 saturated carbocycles. The van der Waals surface area contributed by atoms with Crippen LogP contribution in [0.25, 0.3) is 5.70 Å². The standard InChI is InChI=1S/C14H15NO/c1-2-6-12-9-10-13(16-12)14(15)11-7-4-3-5-8-11/h2-9H,10,15H2,1H3/b6-2-,14-13+. The quantitative estimate of drug-likeness (QED) is 0.818. The maximum atomic E-state index is 6.06. The van der Waals surface area contributed by atoms with Crippen molar-refractivity contribution in [1.82, 2.24) is 0 Å². The van der Waals surface area contributed by atoms with E-state index in [2.05, 4.69) is 0 Å². The lowest BCUT2D eigenvalue weighted by molar-refractivity contribution is 0.339. The Morgan fingerprint density at radius 3 is 2.75 bits per heavy atom. The van der Waals surface area contributed by atoms with E-state index < -0.39 is 0 Å². The van der Waals surface area contributed by atoms with Crippen LogP contribution in [0.1, 0.15) is 18.9 Å². The van der Waals surface area contributed by atoms with Crippen molar-refractivity contribution in [2.24, 2.45) is 5.73 Å². The van der Waals surface area contributed by atoms with Crippen LogP contribution in [0.15, 0.2) is 60.1 Å². The van der Waals surface area contributed by atoms with Crippen LogP contribution in [0, 0.1) is 0 Å². The summed E-state index contributed by atoms with van der Waals surface area (Å²) in [6.45, 7) is 1.96. The molecule has 1 aromatic carbocycles. The summed E-state index contributed by atoms with van der Waals surface area (Å²) in [6.07, 6.45) is 6.68. The molecule has 0 spiro atoms. The van der Waals surface area contributed by atoms with Gasteiger partial charge in [-0.25, -0.2) is 0 Å². The number of hydrogen-bond donors (Lipinski definition) is 1. The van der Waals surface area contributed by atoms with Crippen molar-refractivity contribution in [3.8, 4) is 0 Å². The van der Waals surface area contributed by atoms with Crippen molar-refractivity contribution >= 4 is 5.70 Å². The Hall–Kier alpha value is -1.96. The molecule has 1 aromatic rings. The van der Waals surface area contributed by atoms with Crippen LogP contribution in [-0.2, 0) is 4.74 Å². The first kappa shape index (κ1) is 10.6. The summed E-state index contributed by atoms with van der Waals surface area (Å²) in [7, 11) is 0. The van der Waals surface area contributed by atoms with Gasteiger partial charge < -0.3 is 10.5 Å². The van der Waals surface area contributed by atoms with Gasteiger partial charge in [0, 0.05) is 12.0 Å². The highest BCUT2D eigenvalue weighted by atomic mass is 16.5. The maximum absolute atomic E-state index is 6.06. The normalized spacial score (nSPS) is 18.4. The second kappa shape index (κ2) is 4.71. The SMILES string of the molecule is C/C=C\C1=CC/C(=C(\N)c2ccccc2)O1. The molecule has 2 nitrogen and oxygen atoms in total. The fourth-order valence-corrected chi connectivity index (χ4v) is 1.63. The molecule has 0 fully saturated rings. The van der Waals surface area contributed by atoms with E-state index in [0.717, 1.165) is 29.2 Å². The smallest absolute Gasteiger partial charge is 0.131 e. The van der Waals surface area contributed by atoms with Crippen LogP contribution in [0.3, 0.4) is 0 Å². The molecule has 1 aliphatic heterocycles. The molecule has 82 valence electrons. The van der Waals surface area contributed by atoms with Gasteiger partial charge in [0.15, 0.2) is 0 Å². The molecule has 0 bridgehead atoms. The zero-order valence-corrected chi connectivity index (χ0v) is 9.31. The lowest BCUT2D eigenvalue weighted by Crippen LogP contribution is -2.01. The van der Waals surface area contributed by atoms with Crippen molar-refractivity contribution < 1.29 is 4.74 Å². The summed E-state index contributed by atoms with van der Waals surface area (Å²) < 4.78 is 5.65. The second-order valence-electron chi connectivity index (χ2n) is 3.62. The third-order valence-corrected chi connectivity index (χ3v) is 2.45. The number of ether oxygens (including phenoxy) is 1.